The van der Waals surface area contributed by atoms with Crippen LogP contribution in [0.1, 0.15) is 18.7 Å². The zero-order valence-corrected chi connectivity index (χ0v) is 10.2. The Labute approximate surface area is 102 Å². The van der Waals surface area contributed by atoms with Gasteiger partial charge in [0.05, 0.1) is 0 Å². The van der Waals surface area contributed by atoms with Crippen molar-refractivity contribution in [3.63, 3.8) is 0 Å². The summed E-state index contributed by atoms with van der Waals surface area (Å²) in [7, 11) is 0. The van der Waals surface area contributed by atoms with Gasteiger partial charge >= 0.3 is 0 Å². The van der Waals surface area contributed by atoms with Crippen molar-refractivity contribution in [3.8, 4) is 0 Å². The van der Waals surface area contributed by atoms with Crippen LogP contribution in [0.4, 0.5) is 0 Å². The smallest absolute Gasteiger partial charge is 0.227 e. The first kappa shape index (κ1) is 9.85. The highest BCUT2D eigenvalue weighted by molar-refractivity contribution is 9.10. The molecule has 0 aliphatic heterocycles. The molecule has 2 aromatic rings. The number of allylic oxidation sites excluding steroid dienone is 4. The van der Waals surface area contributed by atoms with Gasteiger partial charge in [-0.05, 0) is 40.9 Å². The Morgan fingerprint density at radius 2 is 2.19 bits per heavy atom. The van der Waals surface area contributed by atoms with Crippen LogP contribution in [-0.2, 0) is 0 Å². The second kappa shape index (κ2) is 3.91. The van der Waals surface area contributed by atoms with Gasteiger partial charge in [0.1, 0.15) is 5.52 Å². The Kier molecular flexibility index (Phi) is 2.40. The van der Waals surface area contributed by atoms with E-state index < -0.39 is 0 Å². The largest absolute Gasteiger partial charge is 0.436 e. The summed E-state index contributed by atoms with van der Waals surface area (Å²) in [5.41, 5.74) is 2.79. The third-order valence-corrected chi connectivity index (χ3v) is 3.25. The summed E-state index contributed by atoms with van der Waals surface area (Å²) >= 11 is 3.47. The number of hydrogen-bond acceptors (Lipinski definition) is 2. The van der Waals surface area contributed by atoms with Gasteiger partial charge in [0.2, 0.25) is 5.89 Å². The van der Waals surface area contributed by atoms with Crippen molar-refractivity contribution in [2.24, 2.45) is 0 Å². The molecule has 80 valence electrons. The molecule has 1 aliphatic rings. The van der Waals surface area contributed by atoms with Crippen LogP contribution < -0.4 is 0 Å². The van der Waals surface area contributed by atoms with E-state index in [9.17, 15) is 0 Å². The SMILES string of the molecule is Brc1cccc2oc(C3=CCCC=C3)nc12. The minimum absolute atomic E-state index is 0.706. The van der Waals surface area contributed by atoms with E-state index in [2.05, 4.69) is 39.1 Å². The number of fused-ring (bicyclic) bond motifs is 1. The van der Waals surface area contributed by atoms with E-state index in [0.29, 0.717) is 5.89 Å². The lowest BCUT2D eigenvalue weighted by Gasteiger charge is -2.00. The first-order valence-electron chi connectivity index (χ1n) is 5.27. The molecule has 0 N–H and O–H groups in total. The van der Waals surface area contributed by atoms with E-state index in [1.54, 1.807) is 0 Å². The van der Waals surface area contributed by atoms with Gasteiger partial charge < -0.3 is 4.42 Å². The molecule has 0 radical (unpaired) electrons. The summed E-state index contributed by atoms with van der Waals surface area (Å²) in [6.07, 6.45) is 8.55. The van der Waals surface area contributed by atoms with Gasteiger partial charge in [0.15, 0.2) is 5.58 Å². The minimum Gasteiger partial charge on any atom is -0.436 e. The lowest BCUT2D eigenvalue weighted by molar-refractivity contribution is 0.585. The fraction of sp³-hybridized carbons (Fsp3) is 0.154. The lowest BCUT2D eigenvalue weighted by Crippen LogP contribution is -1.85. The Bertz CT molecular complexity index is 595. The standard InChI is InChI=1S/C13H10BrNO/c14-10-7-4-8-11-12(10)15-13(16-11)9-5-2-1-3-6-9/h2,4-8H,1,3H2. The molecule has 0 saturated carbocycles. The number of nitrogens with zero attached hydrogens (tertiary/aromatic N) is 1. The number of benzene rings is 1. The van der Waals surface area contributed by atoms with E-state index >= 15 is 0 Å². The van der Waals surface area contributed by atoms with Crippen molar-refractivity contribution >= 4 is 32.6 Å². The fourth-order valence-corrected chi connectivity index (χ4v) is 2.25. The molecule has 0 unspecified atom stereocenters. The van der Waals surface area contributed by atoms with Gasteiger partial charge in [-0.3, -0.25) is 0 Å². The molecule has 2 nitrogen and oxygen atoms in total. The molecule has 3 heteroatoms. The highest BCUT2D eigenvalue weighted by atomic mass is 79.9. The third-order valence-electron chi connectivity index (χ3n) is 2.61. The van der Waals surface area contributed by atoms with Crippen molar-refractivity contribution in [2.45, 2.75) is 12.8 Å². The van der Waals surface area contributed by atoms with Gasteiger partial charge in [-0.1, -0.05) is 24.3 Å². The van der Waals surface area contributed by atoms with E-state index in [1.807, 2.05) is 18.2 Å². The molecule has 0 atom stereocenters. The normalized spacial score (nSPS) is 15.4. The molecule has 0 saturated heterocycles. The number of aromatic nitrogens is 1. The Hall–Kier alpha value is -1.35. The maximum Gasteiger partial charge on any atom is 0.227 e. The molecule has 3 rings (SSSR count). The van der Waals surface area contributed by atoms with Crippen LogP contribution >= 0.6 is 15.9 Å². The minimum atomic E-state index is 0.706. The number of para-hydroxylation sites is 1. The quantitative estimate of drug-likeness (QED) is 0.775. The van der Waals surface area contributed by atoms with E-state index in [0.717, 1.165) is 34.0 Å². The summed E-state index contributed by atoms with van der Waals surface area (Å²) < 4.78 is 6.70. The second-order valence-corrected chi connectivity index (χ2v) is 4.60. The van der Waals surface area contributed by atoms with Crippen LogP contribution in [-0.4, -0.2) is 4.98 Å². The number of rotatable bonds is 1. The summed E-state index contributed by atoms with van der Waals surface area (Å²) in [5, 5.41) is 0. The topological polar surface area (TPSA) is 26.0 Å². The monoisotopic (exact) mass is 275 g/mol. The van der Waals surface area contributed by atoms with Crippen LogP contribution in [0.5, 0.6) is 0 Å². The Morgan fingerprint density at radius 1 is 1.25 bits per heavy atom. The average Bonchev–Trinajstić information content (AvgIpc) is 2.76. The molecule has 0 amide bonds. The van der Waals surface area contributed by atoms with Crippen LogP contribution in [0.15, 0.2) is 45.3 Å². The molecule has 0 spiro atoms. The average molecular weight is 276 g/mol. The van der Waals surface area contributed by atoms with Crippen LogP contribution in [0.25, 0.3) is 16.7 Å². The maximum atomic E-state index is 5.73. The van der Waals surface area contributed by atoms with E-state index in [4.69, 9.17) is 4.42 Å². The fourth-order valence-electron chi connectivity index (χ4n) is 1.81. The molecule has 1 heterocycles. The summed E-state index contributed by atoms with van der Waals surface area (Å²) in [6.45, 7) is 0. The third kappa shape index (κ3) is 1.61. The zero-order chi connectivity index (χ0) is 11.0. The maximum absolute atomic E-state index is 5.73. The first-order chi connectivity index (χ1) is 7.84. The van der Waals surface area contributed by atoms with Gasteiger partial charge in [-0.15, -0.1) is 0 Å². The van der Waals surface area contributed by atoms with Gasteiger partial charge in [-0.2, -0.15) is 0 Å². The molecule has 1 aromatic heterocycles. The first-order valence-corrected chi connectivity index (χ1v) is 6.06. The highest BCUT2D eigenvalue weighted by Crippen LogP contribution is 2.28. The molecule has 0 bridgehead atoms. The summed E-state index contributed by atoms with van der Waals surface area (Å²) in [5.74, 6) is 0.706. The van der Waals surface area contributed by atoms with Crippen molar-refractivity contribution < 1.29 is 4.42 Å². The van der Waals surface area contributed by atoms with E-state index in [-0.39, 0.29) is 0 Å². The molecular formula is C13H10BrNO. The van der Waals surface area contributed by atoms with E-state index in [1.165, 1.54) is 0 Å². The molecule has 16 heavy (non-hydrogen) atoms. The van der Waals surface area contributed by atoms with Crippen LogP contribution in [0.2, 0.25) is 0 Å². The molecular weight excluding hydrogens is 266 g/mol. The molecule has 1 aliphatic carbocycles. The van der Waals surface area contributed by atoms with Crippen molar-refractivity contribution in [3.05, 3.63) is 46.8 Å². The van der Waals surface area contributed by atoms with Crippen LogP contribution in [0, 0.1) is 0 Å². The number of halogens is 1. The highest BCUT2D eigenvalue weighted by Gasteiger charge is 2.11. The van der Waals surface area contributed by atoms with Gasteiger partial charge in [0, 0.05) is 10.0 Å². The second-order valence-electron chi connectivity index (χ2n) is 3.74. The van der Waals surface area contributed by atoms with Gasteiger partial charge in [-0.25, -0.2) is 4.98 Å². The van der Waals surface area contributed by atoms with Gasteiger partial charge in [0.25, 0.3) is 0 Å². The predicted molar refractivity (Wildman–Crippen MR) is 68.1 cm³/mol. The number of hydrogen-bond donors (Lipinski definition) is 0. The zero-order valence-electron chi connectivity index (χ0n) is 8.61. The Balaban J connectivity index is 2.15. The summed E-state index contributed by atoms with van der Waals surface area (Å²) in [4.78, 5) is 4.50. The van der Waals surface area contributed by atoms with Crippen molar-refractivity contribution in [1.29, 1.82) is 0 Å². The molecule has 0 fully saturated rings. The van der Waals surface area contributed by atoms with Crippen LogP contribution in [0.3, 0.4) is 0 Å². The predicted octanol–water partition coefficient (Wildman–Crippen LogP) is 4.32. The Morgan fingerprint density at radius 3 is 2.94 bits per heavy atom. The summed E-state index contributed by atoms with van der Waals surface area (Å²) in [6, 6.07) is 5.86. The number of oxazole rings is 1. The lowest BCUT2D eigenvalue weighted by atomic mass is 10.1. The molecule has 1 aromatic carbocycles. The van der Waals surface area contributed by atoms with Crippen molar-refractivity contribution in [2.75, 3.05) is 0 Å². The van der Waals surface area contributed by atoms with Crippen molar-refractivity contribution in [1.82, 2.24) is 4.98 Å².